The number of nitrogens with zero attached hydrogens (tertiary/aromatic N) is 2. The lowest BCUT2D eigenvalue weighted by Crippen LogP contribution is -2.42. The molecule has 1 saturated heterocycles. The van der Waals surface area contributed by atoms with Crippen molar-refractivity contribution in [2.45, 2.75) is 51.0 Å². The molecule has 2 unspecified atom stereocenters. The van der Waals surface area contributed by atoms with E-state index >= 15 is 0 Å². The Kier molecular flexibility index (Phi) is 6.70. The third-order valence-electron chi connectivity index (χ3n) is 5.18. The van der Waals surface area contributed by atoms with Crippen molar-refractivity contribution in [2.75, 3.05) is 19.6 Å². The third kappa shape index (κ3) is 4.91. The highest BCUT2D eigenvalue weighted by Gasteiger charge is 2.25. The van der Waals surface area contributed by atoms with Crippen LogP contribution < -0.4 is 15.9 Å². The zero-order chi connectivity index (χ0) is 20.1. The summed E-state index contributed by atoms with van der Waals surface area (Å²) in [5, 5.41) is 15.0. The topological polar surface area (TPSA) is 90.0 Å². The second-order valence-corrected chi connectivity index (χ2v) is 7.54. The van der Waals surface area contributed by atoms with E-state index in [9.17, 15) is 9.90 Å². The molecule has 2 aliphatic rings. The molecule has 0 bridgehead atoms. The maximum atomic E-state index is 12.0. The maximum Gasteiger partial charge on any atom is 0.408 e. The third-order valence-corrected chi connectivity index (χ3v) is 5.18. The first-order valence-electron chi connectivity index (χ1n) is 9.89. The first-order valence-corrected chi connectivity index (χ1v) is 9.89. The number of aliphatic imine (C=N–C) groups is 1. The molecule has 28 heavy (non-hydrogen) atoms. The number of H-pyrrole nitrogens is 1. The molecule has 0 aromatic carbocycles. The van der Waals surface area contributed by atoms with E-state index in [4.69, 9.17) is 4.74 Å². The second kappa shape index (κ2) is 9.21. The van der Waals surface area contributed by atoms with Crippen molar-refractivity contribution in [1.29, 1.82) is 0 Å². The molecule has 152 valence electrons. The average Bonchev–Trinajstić information content (AvgIpc) is 3.03. The Bertz CT molecular complexity index is 834. The van der Waals surface area contributed by atoms with Crippen molar-refractivity contribution in [3.8, 4) is 0 Å². The summed E-state index contributed by atoms with van der Waals surface area (Å²) >= 11 is 0. The number of hydrogen-bond acceptors (Lipinski definition) is 5. The number of rotatable bonds is 5. The zero-order valence-corrected chi connectivity index (χ0v) is 16.6. The quantitative estimate of drug-likeness (QED) is 0.655. The number of fused-ring (bicyclic) bond motifs is 1. The summed E-state index contributed by atoms with van der Waals surface area (Å²) in [7, 11) is 0. The fraction of sp³-hybridized carbons (Fsp3) is 0.524. The number of ether oxygens (including phenoxy) is 1. The minimum absolute atomic E-state index is 0.173. The summed E-state index contributed by atoms with van der Waals surface area (Å²) in [6.45, 7) is 9.52. The Balaban J connectivity index is 1.81. The fourth-order valence-corrected chi connectivity index (χ4v) is 3.79. The first kappa shape index (κ1) is 20.4. The number of alkyl carbamates (subject to hydrolysis) is 1. The molecule has 3 N–H and O–H groups in total. The summed E-state index contributed by atoms with van der Waals surface area (Å²) in [6, 6.07) is -0.323. The Morgan fingerprint density at radius 1 is 1.46 bits per heavy atom. The summed E-state index contributed by atoms with van der Waals surface area (Å²) < 4.78 is 5.20. The van der Waals surface area contributed by atoms with E-state index in [-0.39, 0.29) is 12.1 Å². The molecule has 1 amide bonds. The molecule has 2 atom stereocenters. The highest BCUT2D eigenvalue weighted by molar-refractivity contribution is 5.81. The van der Waals surface area contributed by atoms with Gasteiger partial charge in [-0.1, -0.05) is 6.58 Å². The Morgan fingerprint density at radius 3 is 2.89 bits per heavy atom. The minimum Gasteiger partial charge on any atom is -0.447 e. The largest absolute Gasteiger partial charge is 0.447 e. The van der Waals surface area contributed by atoms with Gasteiger partial charge in [-0.2, -0.15) is 0 Å². The number of aliphatic hydroxyl groups is 1. The summed E-state index contributed by atoms with van der Waals surface area (Å²) in [5.74, 6) is 0.401. The molecule has 0 aliphatic carbocycles. The van der Waals surface area contributed by atoms with Crippen LogP contribution in [0.1, 0.15) is 38.2 Å². The van der Waals surface area contributed by atoms with Gasteiger partial charge in [0.1, 0.15) is 6.23 Å². The number of nitrogens with one attached hydrogen (secondary N) is 2. The van der Waals surface area contributed by atoms with Crippen LogP contribution in [0.2, 0.25) is 0 Å². The van der Waals surface area contributed by atoms with Crippen LogP contribution in [0, 0.1) is 0 Å². The zero-order valence-electron chi connectivity index (χ0n) is 16.6. The van der Waals surface area contributed by atoms with Gasteiger partial charge >= 0.3 is 6.09 Å². The van der Waals surface area contributed by atoms with E-state index in [2.05, 4.69) is 34.1 Å². The van der Waals surface area contributed by atoms with E-state index in [1.165, 1.54) is 5.56 Å². The van der Waals surface area contributed by atoms with Crippen LogP contribution in [-0.2, 0) is 4.74 Å². The molecule has 1 aromatic heterocycles. The number of piperidine rings is 1. The minimum atomic E-state index is -0.579. The highest BCUT2D eigenvalue weighted by atomic mass is 16.6. The van der Waals surface area contributed by atoms with Crippen LogP contribution >= 0.6 is 0 Å². The lowest BCUT2D eigenvalue weighted by Gasteiger charge is -2.33. The monoisotopic (exact) mass is 386 g/mol. The molecule has 0 radical (unpaired) electrons. The number of amides is 1. The number of likely N-dealkylation sites (tertiary alicyclic amines) is 1. The number of aliphatic hydroxyl groups excluding tert-OH is 1. The number of aromatic amines is 1. The molecule has 2 aliphatic heterocycles. The van der Waals surface area contributed by atoms with Gasteiger partial charge in [-0.3, -0.25) is 9.89 Å². The maximum absolute atomic E-state index is 12.0. The standard InChI is InChI=1S/C21H30N4O3/c1-4-20(26)25-9-6-15(7-10-25)18-13-23-19-5-8-22-12-16(11-17(18)19)24-21(27)28-14(2)3/h4-5,11-16,20,23,26H,1,6-10H2,2-3H3,(H,24,27)/b17-11?,19-5-,22-12?. The molecule has 1 fully saturated rings. The number of aromatic nitrogens is 1. The second-order valence-electron chi connectivity index (χ2n) is 7.54. The van der Waals surface area contributed by atoms with E-state index < -0.39 is 12.3 Å². The SMILES string of the molecule is C=CC(O)N1CCC(c2c[nH]/c3c2=CC(NC(=O)OC(C)C)C=NC/C=3)CC1. The van der Waals surface area contributed by atoms with Crippen LogP contribution in [0.4, 0.5) is 4.79 Å². The van der Waals surface area contributed by atoms with Crippen molar-refractivity contribution in [3.63, 3.8) is 0 Å². The van der Waals surface area contributed by atoms with Crippen LogP contribution in [0.15, 0.2) is 23.8 Å². The smallest absolute Gasteiger partial charge is 0.408 e. The van der Waals surface area contributed by atoms with Crippen molar-refractivity contribution in [1.82, 2.24) is 15.2 Å². The van der Waals surface area contributed by atoms with Crippen LogP contribution in [0.5, 0.6) is 0 Å². The van der Waals surface area contributed by atoms with Gasteiger partial charge in [0, 0.05) is 36.1 Å². The van der Waals surface area contributed by atoms with Gasteiger partial charge in [0.15, 0.2) is 0 Å². The number of carbonyl (C=O) groups excluding carboxylic acids is 1. The first-order chi connectivity index (χ1) is 13.5. The van der Waals surface area contributed by atoms with E-state index in [1.54, 1.807) is 12.3 Å². The molecular formula is C21H30N4O3. The Labute approximate surface area is 165 Å². The Hall–Kier alpha value is -2.38. The summed E-state index contributed by atoms with van der Waals surface area (Å²) in [6.07, 6.45) is 10.2. The van der Waals surface area contributed by atoms with E-state index in [0.29, 0.717) is 12.5 Å². The normalized spacial score (nSPS) is 22.9. The van der Waals surface area contributed by atoms with Gasteiger partial charge < -0.3 is 20.1 Å². The van der Waals surface area contributed by atoms with Crippen molar-refractivity contribution in [3.05, 3.63) is 35.0 Å². The van der Waals surface area contributed by atoms with Gasteiger partial charge in [-0.25, -0.2) is 4.79 Å². The predicted molar refractivity (Wildman–Crippen MR) is 111 cm³/mol. The van der Waals surface area contributed by atoms with Crippen molar-refractivity contribution in [2.24, 2.45) is 4.99 Å². The van der Waals surface area contributed by atoms with Crippen molar-refractivity contribution < 1.29 is 14.6 Å². The van der Waals surface area contributed by atoms with Gasteiger partial charge in [0.25, 0.3) is 0 Å². The molecule has 3 heterocycles. The van der Waals surface area contributed by atoms with Crippen LogP contribution in [0.3, 0.4) is 0 Å². The van der Waals surface area contributed by atoms with Crippen LogP contribution in [-0.4, -0.2) is 65.3 Å². The highest BCUT2D eigenvalue weighted by Crippen LogP contribution is 2.26. The average molecular weight is 386 g/mol. The lowest BCUT2D eigenvalue weighted by molar-refractivity contribution is 0.0244. The summed E-state index contributed by atoms with van der Waals surface area (Å²) in [5.41, 5.74) is 1.25. The summed E-state index contributed by atoms with van der Waals surface area (Å²) in [4.78, 5) is 21.8. The van der Waals surface area contributed by atoms with E-state index in [1.807, 2.05) is 24.8 Å². The molecule has 0 saturated carbocycles. The van der Waals surface area contributed by atoms with Crippen molar-refractivity contribution >= 4 is 24.5 Å². The van der Waals surface area contributed by atoms with Gasteiger partial charge in [-0.15, -0.1) is 0 Å². The van der Waals surface area contributed by atoms with Gasteiger partial charge in [-0.05, 0) is 56.4 Å². The van der Waals surface area contributed by atoms with Gasteiger partial charge in [0.2, 0.25) is 0 Å². The number of carbonyl (C=O) groups is 1. The number of hydrogen-bond donors (Lipinski definition) is 3. The molecular weight excluding hydrogens is 356 g/mol. The van der Waals surface area contributed by atoms with Crippen LogP contribution in [0.25, 0.3) is 12.2 Å². The Morgan fingerprint density at radius 2 is 2.21 bits per heavy atom. The molecule has 0 spiro atoms. The predicted octanol–water partition coefficient (Wildman–Crippen LogP) is 0.847. The molecule has 3 rings (SSSR count). The molecule has 1 aromatic rings. The molecule has 7 nitrogen and oxygen atoms in total. The van der Waals surface area contributed by atoms with E-state index in [0.717, 1.165) is 36.5 Å². The lowest BCUT2D eigenvalue weighted by atomic mass is 9.89. The van der Waals surface area contributed by atoms with Gasteiger partial charge in [0.05, 0.1) is 18.7 Å². The molecule has 7 heteroatoms. The fourth-order valence-electron chi connectivity index (χ4n) is 3.79.